The first-order valence-electron chi connectivity index (χ1n) is 8.38. The number of aryl methyl sites for hydroxylation is 1. The van der Waals surface area contributed by atoms with Crippen LogP contribution in [0.25, 0.3) is 0 Å². The normalized spacial score (nSPS) is 21.0. The Morgan fingerprint density at radius 1 is 1.52 bits per heavy atom. The molecular formula is C15H15N7O3S4. The quantitative estimate of drug-likeness (QED) is 0.335. The van der Waals surface area contributed by atoms with Gasteiger partial charge in [0.25, 0.3) is 5.91 Å². The van der Waals surface area contributed by atoms with Crippen LogP contribution in [0.15, 0.2) is 28.0 Å². The molecule has 1 saturated heterocycles. The minimum atomic E-state index is -1.11. The third-order valence-corrected chi connectivity index (χ3v) is 7.80. The number of thiocarbonyl (C=S) groups is 1. The molecule has 10 nitrogen and oxygen atoms in total. The van der Waals surface area contributed by atoms with Crippen LogP contribution in [0.2, 0.25) is 0 Å². The average molecular weight is 470 g/mol. The van der Waals surface area contributed by atoms with E-state index in [0.29, 0.717) is 33.6 Å². The molecule has 2 aliphatic rings. The number of carboxylic acids is 1. The molecule has 2 atom stereocenters. The summed E-state index contributed by atoms with van der Waals surface area (Å²) < 4.78 is 1.52. The summed E-state index contributed by atoms with van der Waals surface area (Å²) >= 11 is 9.70. The van der Waals surface area contributed by atoms with Crippen molar-refractivity contribution in [3.05, 3.63) is 27.9 Å². The van der Waals surface area contributed by atoms with Crippen LogP contribution in [0.1, 0.15) is 5.01 Å². The molecule has 2 aromatic rings. The summed E-state index contributed by atoms with van der Waals surface area (Å²) in [5, 5.41) is 27.0. The van der Waals surface area contributed by atoms with Crippen molar-refractivity contribution in [2.75, 3.05) is 11.5 Å². The van der Waals surface area contributed by atoms with Crippen LogP contribution in [-0.4, -0.2) is 75.0 Å². The monoisotopic (exact) mass is 469 g/mol. The molecular weight excluding hydrogens is 454 g/mol. The Labute approximate surface area is 183 Å². The van der Waals surface area contributed by atoms with Gasteiger partial charge in [0, 0.05) is 36.6 Å². The molecule has 2 aromatic heterocycles. The number of thioether (sulfide) groups is 2. The molecule has 1 unspecified atom stereocenters. The number of carbonyl (C=O) groups is 2. The lowest BCUT2D eigenvalue weighted by molar-refractivity contribution is -0.148. The van der Waals surface area contributed by atoms with Crippen molar-refractivity contribution in [2.24, 2.45) is 7.05 Å². The van der Waals surface area contributed by atoms with Crippen molar-refractivity contribution < 1.29 is 14.7 Å². The molecule has 2 aliphatic heterocycles. The highest BCUT2D eigenvalue weighted by Gasteiger charge is 2.53. The Balaban J connectivity index is 1.45. The topological polar surface area (TPSA) is 126 Å². The van der Waals surface area contributed by atoms with E-state index in [2.05, 4.69) is 25.8 Å². The highest BCUT2D eigenvalue weighted by Crippen LogP contribution is 2.41. The third-order valence-electron chi connectivity index (χ3n) is 4.32. The van der Waals surface area contributed by atoms with Gasteiger partial charge in [-0.15, -0.1) is 28.2 Å². The number of fused-ring (bicyclic) bond motifs is 1. The summed E-state index contributed by atoms with van der Waals surface area (Å²) in [5.41, 5.74) is 0.717. The fourth-order valence-electron chi connectivity index (χ4n) is 2.99. The first-order valence-corrected chi connectivity index (χ1v) is 11.7. The molecule has 29 heavy (non-hydrogen) atoms. The second kappa shape index (κ2) is 8.38. The number of hydrogen-bond acceptors (Lipinski definition) is 10. The van der Waals surface area contributed by atoms with Gasteiger partial charge in [-0.05, 0) is 16.0 Å². The van der Waals surface area contributed by atoms with Crippen molar-refractivity contribution in [3.8, 4) is 0 Å². The maximum Gasteiger partial charge on any atom is 0.352 e. The molecule has 0 aromatic carbocycles. The maximum atomic E-state index is 12.7. The molecule has 2 N–H and O–H groups in total. The zero-order valence-electron chi connectivity index (χ0n) is 15.0. The van der Waals surface area contributed by atoms with E-state index < -0.39 is 12.0 Å². The largest absolute Gasteiger partial charge is 0.477 e. The maximum absolute atomic E-state index is 12.7. The number of aliphatic carboxylic acids is 1. The molecule has 14 heteroatoms. The first kappa shape index (κ1) is 20.3. The van der Waals surface area contributed by atoms with Crippen molar-refractivity contribution in [1.82, 2.24) is 35.4 Å². The van der Waals surface area contributed by atoms with Crippen LogP contribution in [-0.2, 0) is 23.1 Å². The zero-order valence-corrected chi connectivity index (χ0v) is 18.3. The van der Waals surface area contributed by atoms with Crippen LogP contribution in [0, 0.1) is 0 Å². The van der Waals surface area contributed by atoms with Gasteiger partial charge in [-0.25, -0.2) is 14.5 Å². The van der Waals surface area contributed by atoms with Gasteiger partial charge in [-0.2, -0.15) is 0 Å². The van der Waals surface area contributed by atoms with Crippen LogP contribution < -0.4 is 5.32 Å². The van der Waals surface area contributed by atoms with Gasteiger partial charge in [0.15, 0.2) is 0 Å². The molecule has 1 amide bonds. The Bertz CT molecular complexity index is 990. The van der Waals surface area contributed by atoms with E-state index in [4.69, 9.17) is 12.2 Å². The number of hydrogen-bond donors (Lipinski definition) is 2. The Kier molecular flexibility index (Phi) is 5.85. The number of amides is 1. The van der Waals surface area contributed by atoms with E-state index in [1.807, 2.05) is 5.38 Å². The van der Waals surface area contributed by atoms with Gasteiger partial charge in [0.2, 0.25) is 5.16 Å². The van der Waals surface area contributed by atoms with Gasteiger partial charge in [0.05, 0.1) is 10.00 Å². The minimum absolute atomic E-state index is 0.0465. The lowest BCUT2D eigenvalue weighted by Crippen LogP contribution is -2.70. The van der Waals surface area contributed by atoms with E-state index in [9.17, 15) is 14.7 Å². The van der Waals surface area contributed by atoms with Crippen molar-refractivity contribution in [2.45, 2.75) is 23.0 Å². The lowest BCUT2D eigenvalue weighted by atomic mass is 10.0. The predicted molar refractivity (Wildman–Crippen MR) is 113 cm³/mol. The minimum Gasteiger partial charge on any atom is -0.477 e. The Morgan fingerprint density at radius 3 is 3.00 bits per heavy atom. The van der Waals surface area contributed by atoms with Gasteiger partial charge < -0.3 is 10.4 Å². The van der Waals surface area contributed by atoms with Crippen molar-refractivity contribution in [3.63, 3.8) is 0 Å². The second-order valence-electron chi connectivity index (χ2n) is 6.19. The molecule has 4 rings (SSSR count). The highest BCUT2D eigenvalue weighted by molar-refractivity contribution is 8.01. The van der Waals surface area contributed by atoms with E-state index in [1.165, 1.54) is 44.4 Å². The number of nitrogens with one attached hydrogen (secondary N) is 1. The first-order chi connectivity index (χ1) is 14.0. The molecule has 0 bridgehead atoms. The van der Waals surface area contributed by atoms with Crippen LogP contribution in [0.3, 0.4) is 0 Å². The molecule has 0 spiro atoms. The molecule has 0 radical (unpaired) electrons. The van der Waals surface area contributed by atoms with Crippen LogP contribution in [0.4, 0.5) is 0 Å². The molecule has 0 aliphatic carbocycles. The lowest BCUT2D eigenvalue weighted by Gasteiger charge is -2.49. The van der Waals surface area contributed by atoms with Gasteiger partial charge in [-0.1, -0.05) is 24.0 Å². The average Bonchev–Trinajstić information content (AvgIpc) is 3.35. The van der Waals surface area contributed by atoms with Crippen molar-refractivity contribution in [1.29, 1.82) is 0 Å². The fraction of sp³-hybridized carbons (Fsp3) is 0.400. The highest BCUT2D eigenvalue weighted by atomic mass is 32.2. The van der Waals surface area contributed by atoms with E-state index in [-0.39, 0.29) is 17.0 Å². The summed E-state index contributed by atoms with van der Waals surface area (Å²) in [6.07, 6.45) is 2.17. The fourth-order valence-corrected chi connectivity index (χ4v) is 6.31. The summed E-state index contributed by atoms with van der Waals surface area (Å²) in [6, 6.07) is -0.529. The molecule has 152 valence electrons. The zero-order chi connectivity index (χ0) is 20.5. The number of aromatic nitrogens is 5. The van der Waals surface area contributed by atoms with Crippen LogP contribution >= 0.6 is 47.1 Å². The number of tetrazole rings is 1. The summed E-state index contributed by atoms with van der Waals surface area (Å²) in [5.74, 6) is -0.505. The van der Waals surface area contributed by atoms with Crippen molar-refractivity contribution >= 4 is 63.9 Å². The number of β-lactam (4-membered cyclic amide) rings is 1. The number of carbonyl (C=O) groups excluding carboxylic acids is 1. The van der Waals surface area contributed by atoms with Gasteiger partial charge >= 0.3 is 5.97 Å². The molecule has 0 saturated carbocycles. The van der Waals surface area contributed by atoms with E-state index in [1.54, 1.807) is 13.2 Å². The van der Waals surface area contributed by atoms with Gasteiger partial charge in [0.1, 0.15) is 17.1 Å². The Morgan fingerprint density at radius 2 is 2.34 bits per heavy atom. The number of nitrogens with zero attached hydrogens (tertiary/aromatic N) is 6. The standard InChI is InChI=1S/C15H15N7O3S4/c1-21-15(18-19-20-21)29-6-7-5-28-13-10(12(23)22(13)11(7)14(24)25)17-8(26)4-9-16-2-3-27-9/h2-3,10,13H,4-6H2,1H3,(H,17,26)(H,24,25)/t10?,13-/m1/s1. The van der Waals surface area contributed by atoms with Crippen LogP contribution in [0.5, 0.6) is 0 Å². The summed E-state index contributed by atoms with van der Waals surface area (Å²) in [4.78, 5) is 30.7. The summed E-state index contributed by atoms with van der Waals surface area (Å²) in [7, 11) is 1.71. The molecule has 4 heterocycles. The number of carboxylic acid groups (broad SMARTS) is 1. The van der Waals surface area contributed by atoms with Gasteiger partial charge in [-0.3, -0.25) is 9.69 Å². The number of rotatable bonds is 7. The van der Waals surface area contributed by atoms with E-state index >= 15 is 0 Å². The predicted octanol–water partition coefficient (Wildman–Crippen LogP) is 0.541. The SMILES string of the molecule is Cn1nnnc1SCC1=C(C(=O)O)N2C(=O)C(NC(=S)Cc3nccs3)[C@H]2SC1. The Hall–Kier alpha value is -2.03. The third kappa shape index (κ3) is 4.01. The molecule has 1 fully saturated rings. The smallest absolute Gasteiger partial charge is 0.352 e. The summed E-state index contributed by atoms with van der Waals surface area (Å²) in [6.45, 7) is 0. The number of thiazole rings is 1. The van der Waals surface area contributed by atoms with E-state index in [0.717, 1.165) is 5.01 Å². The second-order valence-corrected chi connectivity index (χ2v) is 9.71.